The first-order valence-corrected chi connectivity index (χ1v) is 5.53. The van der Waals surface area contributed by atoms with E-state index in [1.807, 2.05) is 13.8 Å². The molecule has 88 valence electrons. The Morgan fingerprint density at radius 3 is 2.19 bits per heavy atom. The average molecular weight is 221 g/mol. The van der Waals surface area contributed by atoms with E-state index in [0.29, 0.717) is 19.4 Å². The van der Waals surface area contributed by atoms with E-state index in [0.717, 1.165) is 0 Å². The van der Waals surface area contributed by atoms with Gasteiger partial charge in [-0.25, -0.2) is 0 Å². The Kier molecular flexibility index (Phi) is 5.53. The third-order valence-electron chi connectivity index (χ3n) is 2.95. The first kappa shape index (κ1) is 14.5. The molecule has 0 fully saturated rings. The Labute approximate surface area is 97.5 Å². The van der Waals surface area contributed by atoms with Gasteiger partial charge in [-0.2, -0.15) is 10.5 Å². The predicted molar refractivity (Wildman–Crippen MR) is 61.0 cm³/mol. The van der Waals surface area contributed by atoms with Crippen LogP contribution in [0.15, 0.2) is 0 Å². The van der Waals surface area contributed by atoms with Crippen molar-refractivity contribution >= 4 is 5.91 Å². The van der Waals surface area contributed by atoms with Gasteiger partial charge in [0, 0.05) is 13.6 Å². The van der Waals surface area contributed by atoms with Gasteiger partial charge >= 0.3 is 0 Å². The topological polar surface area (TPSA) is 67.9 Å². The van der Waals surface area contributed by atoms with Gasteiger partial charge in [-0.05, 0) is 19.8 Å². The van der Waals surface area contributed by atoms with Gasteiger partial charge in [0.25, 0.3) is 0 Å². The van der Waals surface area contributed by atoms with Crippen molar-refractivity contribution in [3.05, 3.63) is 0 Å². The molecule has 4 nitrogen and oxygen atoms in total. The molecule has 1 unspecified atom stereocenters. The van der Waals surface area contributed by atoms with Crippen LogP contribution in [0.25, 0.3) is 0 Å². The van der Waals surface area contributed by atoms with Crippen molar-refractivity contribution in [2.24, 2.45) is 11.3 Å². The van der Waals surface area contributed by atoms with Crippen molar-refractivity contribution < 1.29 is 4.79 Å². The van der Waals surface area contributed by atoms with Gasteiger partial charge in [0.15, 0.2) is 0 Å². The lowest BCUT2D eigenvalue weighted by atomic mass is 9.82. The molecule has 4 heteroatoms. The van der Waals surface area contributed by atoms with Gasteiger partial charge in [0.05, 0.1) is 18.1 Å². The summed E-state index contributed by atoms with van der Waals surface area (Å²) in [6.45, 7) is 5.81. The summed E-state index contributed by atoms with van der Waals surface area (Å²) in [4.78, 5) is 13.6. The zero-order valence-electron chi connectivity index (χ0n) is 10.4. The van der Waals surface area contributed by atoms with Crippen LogP contribution >= 0.6 is 0 Å². The van der Waals surface area contributed by atoms with Gasteiger partial charge in [-0.3, -0.25) is 4.79 Å². The van der Waals surface area contributed by atoms with Crippen LogP contribution in [0.1, 0.15) is 33.6 Å². The molecule has 0 rings (SSSR count). The maximum atomic E-state index is 12.1. The lowest BCUT2D eigenvalue weighted by Crippen LogP contribution is -2.42. The van der Waals surface area contributed by atoms with Gasteiger partial charge < -0.3 is 4.90 Å². The number of hydrogen-bond donors (Lipinski definition) is 0. The molecular formula is C12H19N3O. The van der Waals surface area contributed by atoms with E-state index in [1.165, 1.54) is 4.90 Å². The third-order valence-corrected chi connectivity index (χ3v) is 2.95. The molecule has 0 N–H and O–H groups in total. The molecule has 0 spiro atoms. The molecule has 0 aromatic rings. The Bertz CT molecular complexity index is 320. The normalized spacial score (nSPS) is 12.4. The van der Waals surface area contributed by atoms with Gasteiger partial charge in [-0.15, -0.1) is 0 Å². The standard InChI is InChI=1S/C12H19N3O/c1-5-12(6-2,9-14)11(16)15(4)8-10(3)7-13/h10H,5-6,8H2,1-4H3. The number of carbonyl (C=O) groups excluding carboxylic acids is 1. The summed E-state index contributed by atoms with van der Waals surface area (Å²) < 4.78 is 0. The molecule has 1 amide bonds. The molecule has 0 aliphatic rings. The Hall–Kier alpha value is -1.55. The largest absolute Gasteiger partial charge is 0.343 e. The van der Waals surface area contributed by atoms with Crippen LogP contribution in [0, 0.1) is 34.0 Å². The highest BCUT2D eigenvalue weighted by Crippen LogP contribution is 2.27. The molecule has 0 aromatic heterocycles. The molecule has 0 bridgehead atoms. The van der Waals surface area contributed by atoms with Gasteiger partial charge in [0.2, 0.25) is 5.91 Å². The van der Waals surface area contributed by atoms with Crippen molar-refractivity contribution in [2.45, 2.75) is 33.6 Å². The summed E-state index contributed by atoms with van der Waals surface area (Å²) in [6, 6.07) is 4.19. The molecule has 0 radical (unpaired) electrons. The van der Waals surface area contributed by atoms with E-state index in [9.17, 15) is 4.79 Å². The quantitative estimate of drug-likeness (QED) is 0.712. The molecule has 0 aromatic carbocycles. The number of carbonyl (C=O) groups is 1. The van der Waals surface area contributed by atoms with Crippen LogP contribution in [0.5, 0.6) is 0 Å². The van der Waals surface area contributed by atoms with Crippen LogP contribution in [0.2, 0.25) is 0 Å². The molecular weight excluding hydrogens is 202 g/mol. The number of nitriles is 2. The maximum Gasteiger partial charge on any atom is 0.242 e. The minimum absolute atomic E-state index is 0.179. The maximum absolute atomic E-state index is 12.1. The van der Waals surface area contributed by atoms with E-state index in [4.69, 9.17) is 10.5 Å². The minimum Gasteiger partial charge on any atom is -0.343 e. The molecule has 0 aliphatic heterocycles. The molecule has 0 heterocycles. The summed E-state index contributed by atoms with van der Waals surface area (Å²) in [5.41, 5.74) is -0.927. The van der Waals surface area contributed by atoms with Gasteiger partial charge in [0.1, 0.15) is 5.41 Å². The summed E-state index contributed by atoms with van der Waals surface area (Å²) >= 11 is 0. The third kappa shape index (κ3) is 2.97. The van der Waals surface area contributed by atoms with E-state index in [-0.39, 0.29) is 11.8 Å². The highest BCUT2D eigenvalue weighted by molar-refractivity contribution is 5.85. The summed E-state index contributed by atoms with van der Waals surface area (Å²) in [5.74, 6) is -0.388. The second-order valence-electron chi connectivity index (χ2n) is 4.12. The molecule has 0 aliphatic carbocycles. The number of nitrogens with zero attached hydrogens (tertiary/aromatic N) is 3. The second-order valence-corrected chi connectivity index (χ2v) is 4.12. The highest BCUT2D eigenvalue weighted by Gasteiger charge is 2.37. The van der Waals surface area contributed by atoms with Gasteiger partial charge in [-0.1, -0.05) is 13.8 Å². The minimum atomic E-state index is -0.927. The zero-order chi connectivity index (χ0) is 12.8. The number of amides is 1. The van der Waals surface area contributed by atoms with Crippen LogP contribution in [-0.2, 0) is 4.79 Å². The molecule has 16 heavy (non-hydrogen) atoms. The SMILES string of the molecule is CCC(C#N)(CC)C(=O)N(C)CC(C)C#N. The van der Waals surface area contributed by atoms with Crippen molar-refractivity contribution in [1.82, 2.24) is 4.90 Å². The molecule has 1 atom stereocenters. The van der Waals surface area contributed by atoms with Crippen molar-refractivity contribution in [3.8, 4) is 12.1 Å². The first-order chi connectivity index (χ1) is 7.47. The van der Waals surface area contributed by atoms with Crippen LogP contribution in [0.4, 0.5) is 0 Å². The smallest absolute Gasteiger partial charge is 0.242 e. The lowest BCUT2D eigenvalue weighted by Gasteiger charge is -2.28. The fourth-order valence-corrected chi connectivity index (χ4v) is 1.66. The second kappa shape index (κ2) is 6.12. The van der Waals surface area contributed by atoms with Crippen LogP contribution in [0.3, 0.4) is 0 Å². The van der Waals surface area contributed by atoms with Crippen LogP contribution in [-0.4, -0.2) is 24.4 Å². The summed E-state index contributed by atoms with van der Waals surface area (Å²) in [5, 5.41) is 17.8. The zero-order valence-corrected chi connectivity index (χ0v) is 10.4. The van der Waals surface area contributed by atoms with E-state index >= 15 is 0 Å². The highest BCUT2D eigenvalue weighted by atomic mass is 16.2. The predicted octanol–water partition coefficient (Wildman–Crippen LogP) is 1.93. The van der Waals surface area contributed by atoms with E-state index in [1.54, 1.807) is 14.0 Å². The fourth-order valence-electron chi connectivity index (χ4n) is 1.66. The number of hydrogen-bond acceptors (Lipinski definition) is 3. The lowest BCUT2D eigenvalue weighted by molar-refractivity contribution is -0.138. The Morgan fingerprint density at radius 1 is 1.38 bits per heavy atom. The monoisotopic (exact) mass is 221 g/mol. The van der Waals surface area contributed by atoms with Crippen molar-refractivity contribution in [1.29, 1.82) is 10.5 Å². The Morgan fingerprint density at radius 2 is 1.88 bits per heavy atom. The van der Waals surface area contributed by atoms with E-state index in [2.05, 4.69) is 12.1 Å². The summed E-state index contributed by atoms with van der Waals surface area (Å²) in [6.07, 6.45) is 1.01. The Balaban J connectivity index is 4.78. The fraction of sp³-hybridized carbons (Fsp3) is 0.750. The van der Waals surface area contributed by atoms with Crippen molar-refractivity contribution in [3.63, 3.8) is 0 Å². The van der Waals surface area contributed by atoms with Crippen molar-refractivity contribution in [2.75, 3.05) is 13.6 Å². The molecule has 0 saturated carbocycles. The molecule has 0 saturated heterocycles. The number of rotatable bonds is 5. The van der Waals surface area contributed by atoms with E-state index < -0.39 is 5.41 Å². The summed E-state index contributed by atoms with van der Waals surface area (Å²) in [7, 11) is 1.65. The average Bonchev–Trinajstić information content (AvgIpc) is 2.31. The first-order valence-electron chi connectivity index (χ1n) is 5.53. The van der Waals surface area contributed by atoms with Crippen LogP contribution < -0.4 is 0 Å².